The number of carbonyl (C=O) groups is 4. The SMILES string of the molecule is Cc1cc(NC(=O)COC(=O)CCN2C(=O)[C@@H]3[C@H]4C=C[C@@H]([C@@H]5C[C@@H]45)[C@@H]3C2=O)no1. The third-order valence-corrected chi connectivity index (χ3v) is 6.55. The Balaban J connectivity index is 1.12. The zero-order valence-corrected chi connectivity index (χ0v) is 15.9. The highest BCUT2D eigenvalue weighted by atomic mass is 16.5. The number of imide groups is 1. The number of ether oxygens (including phenoxy) is 1. The predicted octanol–water partition coefficient (Wildman–Crippen LogP) is 0.908. The minimum atomic E-state index is -0.643. The summed E-state index contributed by atoms with van der Waals surface area (Å²) < 4.78 is 9.77. The largest absolute Gasteiger partial charge is 0.456 e. The van der Waals surface area contributed by atoms with Gasteiger partial charge in [-0.05, 0) is 37.0 Å². The number of nitrogens with zero attached hydrogens (tertiary/aromatic N) is 2. The molecular weight excluding hydrogens is 378 g/mol. The number of aromatic nitrogens is 1. The zero-order chi connectivity index (χ0) is 20.3. The van der Waals surface area contributed by atoms with Crippen LogP contribution in [0.3, 0.4) is 0 Å². The van der Waals surface area contributed by atoms with Crippen LogP contribution in [0, 0.1) is 42.4 Å². The van der Waals surface area contributed by atoms with Crippen LogP contribution >= 0.6 is 0 Å². The molecule has 29 heavy (non-hydrogen) atoms. The first-order valence-corrected chi connectivity index (χ1v) is 9.86. The van der Waals surface area contributed by atoms with Crippen LogP contribution < -0.4 is 5.32 Å². The monoisotopic (exact) mass is 399 g/mol. The maximum absolute atomic E-state index is 12.8. The van der Waals surface area contributed by atoms with E-state index in [9.17, 15) is 19.2 Å². The van der Waals surface area contributed by atoms with E-state index < -0.39 is 18.5 Å². The minimum absolute atomic E-state index is 0.0115. The summed E-state index contributed by atoms with van der Waals surface area (Å²) in [4.78, 5) is 50.6. The summed E-state index contributed by atoms with van der Waals surface area (Å²) in [5.74, 6) is 0.110. The fraction of sp³-hybridized carbons (Fsp3) is 0.550. The van der Waals surface area contributed by atoms with Gasteiger partial charge in [0.2, 0.25) is 11.8 Å². The van der Waals surface area contributed by atoms with Gasteiger partial charge in [0, 0.05) is 12.6 Å². The highest BCUT2D eigenvalue weighted by Crippen LogP contribution is 2.65. The molecule has 0 aromatic carbocycles. The van der Waals surface area contributed by atoms with Gasteiger partial charge in [-0.15, -0.1) is 0 Å². The number of anilines is 1. The van der Waals surface area contributed by atoms with Crippen LogP contribution in [0.15, 0.2) is 22.7 Å². The van der Waals surface area contributed by atoms with E-state index in [4.69, 9.17) is 9.26 Å². The van der Waals surface area contributed by atoms with Crippen LogP contribution in [-0.2, 0) is 23.9 Å². The molecule has 9 heteroatoms. The van der Waals surface area contributed by atoms with Gasteiger partial charge in [-0.2, -0.15) is 0 Å². The van der Waals surface area contributed by atoms with Crippen LogP contribution in [-0.4, -0.2) is 46.9 Å². The summed E-state index contributed by atoms with van der Waals surface area (Å²) in [6, 6.07) is 1.54. The van der Waals surface area contributed by atoms with Crippen LogP contribution in [0.25, 0.3) is 0 Å². The Bertz CT molecular complexity index is 900. The van der Waals surface area contributed by atoms with Gasteiger partial charge in [0.1, 0.15) is 5.76 Å². The lowest BCUT2D eigenvalue weighted by molar-refractivity contribution is -0.148. The number of aryl methyl sites for hydroxylation is 1. The van der Waals surface area contributed by atoms with Crippen molar-refractivity contribution in [3.8, 4) is 0 Å². The van der Waals surface area contributed by atoms with Gasteiger partial charge in [0.05, 0.1) is 18.3 Å². The molecule has 1 aliphatic heterocycles. The van der Waals surface area contributed by atoms with Crippen molar-refractivity contribution < 1.29 is 28.4 Å². The molecule has 0 spiro atoms. The Labute approximate surface area is 166 Å². The highest BCUT2D eigenvalue weighted by molar-refractivity contribution is 6.06. The second-order valence-electron chi connectivity index (χ2n) is 8.26. The van der Waals surface area contributed by atoms with Crippen molar-refractivity contribution in [2.45, 2.75) is 19.8 Å². The van der Waals surface area contributed by atoms with Crippen molar-refractivity contribution in [1.29, 1.82) is 0 Å². The first-order chi connectivity index (χ1) is 13.9. The summed E-state index contributed by atoms with van der Waals surface area (Å²) in [5.41, 5.74) is 0. The molecule has 3 amide bonds. The summed E-state index contributed by atoms with van der Waals surface area (Å²) in [5, 5.41) is 6.06. The second kappa shape index (κ2) is 6.53. The van der Waals surface area contributed by atoms with Gasteiger partial charge in [0.15, 0.2) is 12.4 Å². The minimum Gasteiger partial charge on any atom is -0.456 e. The van der Waals surface area contributed by atoms with E-state index >= 15 is 0 Å². The maximum Gasteiger partial charge on any atom is 0.308 e. The molecule has 6 atom stereocenters. The molecule has 1 aromatic rings. The Kier molecular flexibility index (Phi) is 4.07. The Hall–Kier alpha value is -2.97. The normalized spacial score (nSPS) is 33.5. The van der Waals surface area contributed by atoms with Gasteiger partial charge in [0.25, 0.3) is 5.91 Å². The lowest BCUT2D eigenvalue weighted by Gasteiger charge is -2.37. The zero-order valence-electron chi connectivity index (χ0n) is 15.9. The van der Waals surface area contributed by atoms with Crippen molar-refractivity contribution in [2.24, 2.45) is 35.5 Å². The Morgan fingerprint density at radius 3 is 2.45 bits per heavy atom. The molecule has 6 rings (SSSR count). The molecule has 1 N–H and O–H groups in total. The maximum atomic E-state index is 12.8. The second-order valence-corrected chi connectivity index (χ2v) is 8.26. The molecule has 9 nitrogen and oxygen atoms in total. The number of carbonyl (C=O) groups excluding carboxylic acids is 4. The molecule has 2 heterocycles. The topological polar surface area (TPSA) is 119 Å². The number of amides is 3. The molecule has 0 radical (unpaired) electrons. The van der Waals surface area contributed by atoms with Crippen LogP contribution in [0.1, 0.15) is 18.6 Å². The van der Waals surface area contributed by atoms with Gasteiger partial charge in [-0.1, -0.05) is 17.3 Å². The van der Waals surface area contributed by atoms with Gasteiger partial charge in [-0.25, -0.2) is 0 Å². The van der Waals surface area contributed by atoms with E-state index in [1.807, 2.05) is 0 Å². The van der Waals surface area contributed by atoms with Gasteiger partial charge < -0.3 is 14.6 Å². The van der Waals surface area contributed by atoms with E-state index in [1.54, 1.807) is 6.92 Å². The highest BCUT2D eigenvalue weighted by Gasteiger charge is 2.66. The molecule has 3 fully saturated rings. The summed E-state index contributed by atoms with van der Waals surface area (Å²) in [6.45, 7) is 1.20. The van der Waals surface area contributed by atoms with Crippen LogP contribution in [0.4, 0.5) is 5.82 Å². The number of esters is 1. The molecule has 152 valence electrons. The number of rotatable bonds is 6. The summed E-state index contributed by atoms with van der Waals surface area (Å²) >= 11 is 0. The lowest BCUT2D eigenvalue weighted by Crippen LogP contribution is -2.40. The van der Waals surface area contributed by atoms with E-state index in [2.05, 4.69) is 22.6 Å². The fourth-order valence-corrected chi connectivity index (χ4v) is 5.26. The molecule has 4 aliphatic carbocycles. The lowest BCUT2D eigenvalue weighted by atomic mass is 9.63. The Morgan fingerprint density at radius 1 is 1.21 bits per heavy atom. The smallest absolute Gasteiger partial charge is 0.308 e. The van der Waals surface area contributed by atoms with E-state index in [0.29, 0.717) is 17.6 Å². The average molecular weight is 399 g/mol. The van der Waals surface area contributed by atoms with Crippen LogP contribution in [0.2, 0.25) is 0 Å². The molecule has 5 aliphatic rings. The molecule has 2 saturated carbocycles. The Morgan fingerprint density at radius 2 is 1.86 bits per heavy atom. The molecule has 2 bridgehead atoms. The molecule has 1 aromatic heterocycles. The number of allylic oxidation sites excluding steroid dienone is 2. The van der Waals surface area contributed by atoms with E-state index in [-0.39, 0.29) is 54.3 Å². The fourth-order valence-electron chi connectivity index (χ4n) is 5.26. The van der Waals surface area contributed by atoms with E-state index in [1.165, 1.54) is 11.0 Å². The molecule has 0 unspecified atom stereocenters. The summed E-state index contributed by atoms with van der Waals surface area (Å²) in [6.07, 6.45) is 5.19. The predicted molar refractivity (Wildman–Crippen MR) is 96.9 cm³/mol. The molecule has 1 saturated heterocycles. The number of nitrogens with one attached hydrogen (secondary N) is 1. The number of likely N-dealkylation sites (tertiary alicyclic amines) is 1. The van der Waals surface area contributed by atoms with Crippen LogP contribution in [0.5, 0.6) is 0 Å². The van der Waals surface area contributed by atoms with Crippen molar-refractivity contribution in [3.63, 3.8) is 0 Å². The molecular formula is C20H21N3O6. The summed E-state index contributed by atoms with van der Waals surface area (Å²) in [7, 11) is 0. The standard InChI is InChI=1S/C20H21N3O6/c1-9-6-14(22-29-9)21-15(24)8-28-16(25)4-5-23-19(26)17-10-2-3-11(13-7-12(10)13)18(17)20(23)27/h2-3,6,10-13,17-18H,4-5,7-8H2,1H3,(H,21,22,24)/t10-,11-,12-,13-,17-,18+/m0/s1. The average Bonchev–Trinajstić information content (AvgIpc) is 3.38. The number of hydrogen-bond donors (Lipinski definition) is 1. The third kappa shape index (κ3) is 2.95. The quantitative estimate of drug-likeness (QED) is 0.429. The first-order valence-electron chi connectivity index (χ1n) is 9.86. The van der Waals surface area contributed by atoms with Crippen molar-refractivity contribution in [3.05, 3.63) is 24.0 Å². The first kappa shape index (κ1) is 18.1. The van der Waals surface area contributed by atoms with Gasteiger partial charge in [-0.3, -0.25) is 24.1 Å². The van der Waals surface area contributed by atoms with E-state index in [0.717, 1.165) is 6.42 Å². The van der Waals surface area contributed by atoms with Crippen molar-refractivity contribution in [2.75, 3.05) is 18.5 Å². The third-order valence-electron chi connectivity index (χ3n) is 6.55. The van der Waals surface area contributed by atoms with Crippen molar-refractivity contribution in [1.82, 2.24) is 10.1 Å². The number of hydrogen-bond acceptors (Lipinski definition) is 7. The van der Waals surface area contributed by atoms with Gasteiger partial charge >= 0.3 is 5.97 Å². The van der Waals surface area contributed by atoms with Crippen molar-refractivity contribution >= 4 is 29.5 Å².